The van der Waals surface area contributed by atoms with Gasteiger partial charge in [0.25, 0.3) is 0 Å². The van der Waals surface area contributed by atoms with Crippen molar-refractivity contribution in [2.45, 2.75) is 71.1 Å². The number of anilines is 2. The predicted octanol–water partition coefficient (Wildman–Crippen LogP) is 3.56. The van der Waals surface area contributed by atoms with Crippen LogP contribution in [0.1, 0.15) is 74.5 Å². The number of nitrogens with two attached hydrogens (primary N) is 2. The normalized spacial score (nSPS) is 23.4. The molecule has 4 aliphatic carbocycles. The minimum absolute atomic E-state index is 0.00671. The molecule has 6 rings (SSSR count). The van der Waals surface area contributed by atoms with E-state index in [0.29, 0.717) is 69.5 Å². The summed E-state index contributed by atoms with van der Waals surface area (Å²) in [4.78, 5) is 33.3. The molecule has 4 fully saturated rings. The lowest BCUT2D eigenvalue weighted by atomic mass is 9.49. The molecule has 0 unspecified atom stereocenters. The SMILES string of the molecule is COc1cc(Cc2cnc(N)nc2N)cc(C)c1OCCCCC(=O)NCCOCCNC(=O)C12CC3CC(CC(C3)C1)C2. The topological polar surface area (TPSA) is 164 Å². The average molecular weight is 609 g/mol. The number of amides is 2. The van der Waals surface area contributed by atoms with E-state index in [2.05, 4.69) is 20.6 Å². The van der Waals surface area contributed by atoms with Gasteiger partial charge in [0.2, 0.25) is 17.8 Å². The zero-order chi connectivity index (χ0) is 31.1. The Morgan fingerprint density at radius 3 is 2.32 bits per heavy atom. The number of aromatic nitrogens is 2. The third-order valence-corrected chi connectivity index (χ3v) is 9.50. The molecule has 4 aliphatic rings. The van der Waals surface area contributed by atoms with Crippen molar-refractivity contribution in [1.29, 1.82) is 0 Å². The summed E-state index contributed by atoms with van der Waals surface area (Å²) in [6, 6.07) is 3.95. The first-order valence-corrected chi connectivity index (χ1v) is 16.0. The Kier molecular flexibility index (Phi) is 10.5. The number of hydrogen-bond acceptors (Lipinski definition) is 9. The highest BCUT2D eigenvalue weighted by Crippen LogP contribution is 2.60. The molecule has 11 heteroatoms. The summed E-state index contributed by atoms with van der Waals surface area (Å²) in [5, 5.41) is 6.04. The molecule has 4 saturated carbocycles. The van der Waals surface area contributed by atoms with E-state index < -0.39 is 0 Å². The van der Waals surface area contributed by atoms with Crippen LogP contribution in [0.2, 0.25) is 0 Å². The van der Waals surface area contributed by atoms with Crippen molar-refractivity contribution in [2.24, 2.45) is 23.2 Å². The first-order chi connectivity index (χ1) is 21.2. The molecule has 44 heavy (non-hydrogen) atoms. The van der Waals surface area contributed by atoms with Crippen molar-refractivity contribution in [2.75, 3.05) is 51.5 Å². The number of aryl methyl sites for hydroxylation is 1. The molecule has 11 nitrogen and oxygen atoms in total. The molecule has 0 radical (unpaired) electrons. The van der Waals surface area contributed by atoms with Gasteiger partial charge in [-0.05, 0) is 93.2 Å². The van der Waals surface area contributed by atoms with E-state index in [0.717, 1.165) is 60.1 Å². The number of ether oxygens (including phenoxy) is 3. The van der Waals surface area contributed by atoms with Gasteiger partial charge in [-0.25, -0.2) is 4.98 Å². The van der Waals surface area contributed by atoms with E-state index in [9.17, 15) is 9.59 Å². The molecule has 4 bridgehead atoms. The second-order valence-corrected chi connectivity index (χ2v) is 13.0. The Labute approximate surface area is 260 Å². The van der Waals surface area contributed by atoms with Crippen molar-refractivity contribution < 1.29 is 23.8 Å². The predicted molar refractivity (Wildman–Crippen MR) is 168 cm³/mol. The van der Waals surface area contributed by atoms with Gasteiger partial charge in [0, 0.05) is 43.1 Å². The first kappa shape index (κ1) is 31.8. The molecule has 0 atom stereocenters. The highest BCUT2D eigenvalue weighted by Gasteiger charge is 2.54. The number of benzene rings is 1. The van der Waals surface area contributed by atoms with Crippen LogP contribution in [-0.2, 0) is 20.7 Å². The lowest BCUT2D eigenvalue weighted by Gasteiger charge is -2.55. The number of methoxy groups -OCH3 is 1. The summed E-state index contributed by atoms with van der Waals surface area (Å²) in [5.74, 6) is 4.34. The minimum atomic E-state index is -0.117. The highest BCUT2D eigenvalue weighted by molar-refractivity contribution is 5.83. The summed E-state index contributed by atoms with van der Waals surface area (Å²) in [5.41, 5.74) is 14.2. The van der Waals surface area contributed by atoms with Crippen LogP contribution in [0.15, 0.2) is 18.3 Å². The van der Waals surface area contributed by atoms with E-state index in [1.807, 2.05) is 19.1 Å². The van der Waals surface area contributed by atoms with Crippen LogP contribution in [0.4, 0.5) is 11.8 Å². The number of carbonyl (C=O) groups is 2. The summed E-state index contributed by atoms with van der Waals surface area (Å²) in [6.07, 6.45) is 11.3. The smallest absolute Gasteiger partial charge is 0.226 e. The molecule has 2 amide bonds. The number of nitrogen functional groups attached to an aromatic ring is 2. The van der Waals surface area contributed by atoms with Gasteiger partial charge in [0.05, 0.1) is 26.9 Å². The van der Waals surface area contributed by atoms with Crippen molar-refractivity contribution in [3.63, 3.8) is 0 Å². The maximum atomic E-state index is 13.0. The van der Waals surface area contributed by atoms with Crippen molar-refractivity contribution >= 4 is 23.6 Å². The van der Waals surface area contributed by atoms with E-state index in [1.54, 1.807) is 13.3 Å². The second kappa shape index (κ2) is 14.5. The van der Waals surface area contributed by atoms with E-state index in [4.69, 9.17) is 25.7 Å². The van der Waals surface area contributed by atoms with E-state index in [1.165, 1.54) is 19.3 Å². The maximum absolute atomic E-state index is 13.0. The summed E-state index contributed by atoms with van der Waals surface area (Å²) >= 11 is 0. The van der Waals surface area contributed by atoms with Crippen LogP contribution in [0.25, 0.3) is 0 Å². The molecule has 0 spiro atoms. The van der Waals surface area contributed by atoms with Gasteiger partial charge in [0.1, 0.15) is 5.82 Å². The molecular weight excluding hydrogens is 560 g/mol. The Morgan fingerprint density at radius 1 is 0.977 bits per heavy atom. The van der Waals surface area contributed by atoms with Gasteiger partial charge in [0.15, 0.2) is 11.5 Å². The van der Waals surface area contributed by atoms with Crippen LogP contribution in [-0.4, -0.2) is 61.8 Å². The second-order valence-electron chi connectivity index (χ2n) is 13.0. The fraction of sp³-hybridized carbons (Fsp3) is 0.636. The molecular formula is C33H48N6O5. The number of nitrogens with zero attached hydrogens (tertiary/aromatic N) is 2. The lowest BCUT2D eigenvalue weighted by molar-refractivity contribution is -0.146. The Balaban J connectivity index is 0.919. The van der Waals surface area contributed by atoms with Crippen LogP contribution in [0.5, 0.6) is 11.5 Å². The zero-order valence-electron chi connectivity index (χ0n) is 26.2. The van der Waals surface area contributed by atoms with Gasteiger partial charge in [-0.15, -0.1) is 0 Å². The van der Waals surface area contributed by atoms with E-state index in [-0.39, 0.29) is 23.2 Å². The number of nitrogens with one attached hydrogen (secondary N) is 2. The summed E-state index contributed by atoms with van der Waals surface area (Å²) in [7, 11) is 1.61. The largest absolute Gasteiger partial charge is 0.493 e. The molecule has 2 aromatic rings. The van der Waals surface area contributed by atoms with Crippen LogP contribution in [0.3, 0.4) is 0 Å². The summed E-state index contributed by atoms with van der Waals surface area (Å²) < 4.78 is 17.3. The molecule has 240 valence electrons. The van der Waals surface area contributed by atoms with Crippen molar-refractivity contribution in [3.05, 3.63) is 35.0 Å². The third-order valence-electron chi connectivity index (χ3n) is 9.50. The first-order valence-electron chi connectivity index (χ1n) is 16.0. The Bertz CT molecular complexity index is 1280. The van der Waals surface area contributed by atoms with Crippen molar-refractivity contribution in [1.82, 2.24) is 20.6 Å². The number of carbonyl (C=O) groups excluding carboxylic acids is 2. The molecule has 0 aliphatic heterocycles. The van der Waals surface area contributed by atoms with Gasteiger partial charge in [-0.3, -0.25) is 9.59 Å². The molecule has 1 aromatic carbocycles. The fourth-order valence-electron chi connectivity index (χ4n) is 7.87. The van der Waals surface area contributed by atoms with Crippen LogP contribution >= 0.6 is 0 Å². The summed E-state index contributed by atoms with van der Waals surface area (Å²) in [6.45, 7) is 4.30. The number of unbranched alkanes of at least 4 members (excludes halogenated alkanes) is 1. The van der Waals surface area contributed by atoms with Gasteiger partial charge < -0.3 is 36.3 Å². The van der Waals surface area contributed by atoms with E-state index >= 15 is 0 Å². The Hall–Kier alpha value is -3.60. The van der Waals surface area contributed by atoms with Crippen LogP contribution < -0.4 is 31.6 Å². The minimum Gasteiger partial charge on any atom is -0.493 e. The molecule has 1 aromatic heterocycles. The fourth-order valence-corrected chi connectivity index (χ4v) is 7.87. The van der Waals surface area contributed by atoms with Gasteiger partial charge in [-0.1, -0.05) is 6.07 Å². The standard InChI is InChI=1S/C33H48N6O5/c1-21-11-22(15-26-20-38-32(35)39-30(26)34)16-27(42-2)29(21)44-8-4-3-5-28(40)36-6-9-43-10-7-37-31(41)33-17-23-12-24(18-33)14-25(13-23)19-33/h11,16,20,23-25H,3-10,12-15,17-19H2,1-2H3,(H,36,40)(H,37,41)(H4,34,35,38,39). The highest BCUT2D eigenvalue weighted by atomic mass is 16.5. The number of rotatable bonds is 16. The third kappa shape index (κ3) is 7.91. The van der Waals surface area contributed by atoms with Crippen molar-refractivity contribution in [3.8, 4) is 11.5 Å². The quantitative estimate of drug-likeness (QED) is 0.209. The van der Waals surface area contributed by atoms with Gasteiger partial charge >= 0.3 is 0 Å². The van der Waals surface area contributed by atoms with Gasteiger partial charge in [-0.2, -0.15) is 4.98 Å². The molecule has 1 heterocycles. The average Bonchev–Trinajstić information content (AvgIpc) is 2.97. The monoisotopic (exact) mass is 608 g/mol. The maximum Gasteiger partial charge on any atom is 0.226 e. The lowest BCUT2D eigenvalue weighted by Crippen LogP contribution is -2.53. The molecule has 6 N–H and O–H groups in total. The van der Waals surface area contributed by atoms with Crippen LogP contribution in [0, 0.1) is 30.1 Å². The Morgan fingerprint density at radius 2 is 1.66 bits per heavy atom. The zero-order valence-corrected chi connectivity index (χ0v) is 26.2. The number of hydrogen-bond donors (Lipinski definition) is 4. The molecule has 0 saturated heterocycles.